The van der Waals surface area contributed by atoms with Gasteiger partial charge in [-0.05, 0) is 43.2 Å². The summed E-state index contributed by atoms with van der Waals surface area (Å²) in [4.78, 5) is 24.6. The maximum atomic E-state index is 12.4. The van der Waals surface area contributed by atoms with Gasteiger partial charge in [0.1, 0.15) is 5.01 Å². The number of benzene rings is 1. The second-order valence-electron chi connectivity index (χ2n) is 8.04. The number of rotatable bonds is 6. The van der Waals surface area contributed by atoms with Crippen molar-refractivity contribution >= 4 is 28.3 Å². The van der Waals surface area contributed by atoms with E-state index in [1.165, 1.54) is 41.7 Å². The molecule has 0 bridgehead atoms. The van der Waals surface area contributed by atoms with Gasteiger partial charge in [-0.1, -0.05) is 54.9 Å². The molecule has 2 N–H and O–H groups in total. The van der Waals surface area contributed by atoms with Crippen molar-refractivity contribution in [2.24, 2.45) is 0 Å². The van der Waals surface area contributed by atoms with Crippen LogP contribution in [0.3, 0.4) is 0 Å². The summed E-state index contributed by atoms with van der Waals surface area (Å²) < 4.78 is 0. The molecule has 2 aliphatic carbocycles. The van der Waals surface area contributed by atoms with Crippen molar-refractivity contribution < 1.29 is 9.59 Å². The molecule has 1 aromatic heterocycles. The summed E-state index contributed by atoms with van der Waals surface area (Å²) >= 11 is 1.47. The van der Waals surface area contributed by atoms with E-state index in [2.05, 4.69) is 33.0 Å². The van der Waals surface area contributed by atoms with E-state index >= 15 is 0 Å². The van der Waals surface area contributed by atoms with Gasteiger partial charge < -0.3 is 10.6 Å². The van der Waals surface area contributed by atoms with E-state index < -0.39 is 0 Å². The Hall–Kier alpha value is -2.28. The van der Waals surface area contributed by atoms with E-state index in [9.17, 15) is 9.59 Å². The fourth-order valence-corrected chi connectivity index (χ4v) is 5.31. The summed E-state index contributed by atoms with van der Waals surface area (Å²) in [5, 5.41) is 15.8. The molecule has 2 amide bonds. The van der Waals surface area contributed by atoms with Gasteiger partial charge in [0.05, 0.1) is 6.04 Å². The lowest BCUT2D eigenvalue weighted by Gasteiger charge is -2.26. The minimum absolute atomic E-state index is 0.0525. The van der Waals surface area contributed by atoms with Crippen molar-refractivity contribution in [3.63, 3.8) is 0 Å². The highest BCUT2D eigenvalue weighted by molar-refractivity contribution is 7.15. The van der Waals surface area contributed by atoms with Crippen molar-refractivity contribution in [2.75, 3.05) is 5.32 Å². The third-order valence-electron chi connectivity index (χ3n) is 5.93. The molecule has 1 heterocycles. The predicted molar refractivity (Wildman–Crippen MR) is 114 cm³/mol. The number of anilines is 1. The van der Waals surface area contributed by atoms with E-state index in [-0.39, 0.29) is 30.7 Å². The number of carbonyl (C=O) groups excluding carboxylic acids is 2. The first-order valence-electron chi connectivity index (χ1n) is 10.7. The Morgan fingerprint density at radius 1 is 0.966 bits per heavy atom. The quantitative estimate of drug-likeness (QED) is 0.732. The van der Waals surface area contributed by atoms with Crippen LogP contribution in [0.1, 0.15) is 85.9 Å². The molecule has 1 aromatic carbocycles. The second kappa shape index (κ2) is 9.48. The van der Waals surface area contributed by atoms with Gasteiger partial charge in [-0.2, -0.15) is 0 Å². The number of aryl methyl sites for hydroxylation is 1. The van der Waals surface area contributed by atoms with Gasteiger partial charge in [0, 0.05) is 18.8 Å². The summed E-state index contributed by atoms with van der Waals surface area (Å²) in [6.45, 7) is 0. The van der Waals surface area contributed by atoms with Crippen LogP contribution in [-0.4, -0.2) is 22.0 Å². The molecule has 0 spiro atoms. The molecular weight excluding hydrogens is 384 g/mol. The summed E-state index contributed by atoms with van der Waals surface area (Å²) in [6, 6.07) is 8.33. The number of aromatic nitrogens is 2. The van der Waals surface area contributed by atoms with Crippen LogP contribution in [0.15, 0.2) is 24.3 Å². The minimum Gasteiger partial charge on any atom is -0.349 e. The van der Waals surface area contributed by atoms with Crippen molar-refractivity contribution in [2.45, 2.75) is 76.2 Å². The average molecular weight is 413 g/mol. The standard InChI is InChI=1S/C22H28N4O2S/c27-19(23-18-12-6-10-15-7-4-5-11-17(15)18)13-14-20(28)24-22-26-25-21(29-22)16-8-2-1-3-9-16/h4-5,7,11,16,18H,1-3,6,8-10,12-14H2,(H,23,27)(H,24,26,28)/t18-/m1/s1. The zero-order chi connectivity index (χ0) is 20.1. The molecule has 4 rings (SSSR count). The Balaban J connectivity index is 1.24. The lowest BCUT2D eigenvalue weighted by molar-refractivity contribution is -0.125. The molecule has 0 saturated heterocycles. The van der Waals surface area contributed by atoms with Crippen molar-refractivity contribution in [1.29, 1.82) is 0 Å². The highest BCUT2D eigenvalue weighted by Crippen LogP contribution is 2.35. The summed E-state index contributed by atoms with van der Waals surface area (Å²) in [5.41, 5.74) is 2.52. The van der Waals surface area contributed by atoms with Gasteiger partial charge in [0.15, 0.2) is 0 Å². The van der Waals surface area contributed by atoms with Crippen LogP contribution in [0, 0.1) is 0 Å². The largest absolute Gasteiger partial charge is 0.349 e. The van der Waals surface area contributed by atoms with Crippen molar-refractivity contribution in [3.8, 4) is 0 Å². The summed E-state index contributed by atoms with van der Waals surface area (Å²) in [6.07, 6.45) is 9.52. The Bertz CT molecular complexity index is 860. The first kappa shape index (κ1) is 20.0. The molecule has 1 fully saturated rings. The zero-order valence-electron chi connectivity index (χ0n) is 16.7. The number of hydrogen-bond donors (Lipinski definition) is 2. The highest BCUT2D eigenvalue weighted by Gasteiger charge is 2.22. The Morgan fingerprint density at radius 3 is 2.62 bits per heavy atom. The number of amides is 2. The number of fused-ring (bicyclic) bond motifs is 1. The lowest BCUT2D eigenvalue weighted by Crippen LogP contribution is -2.31. The van der Waals surface area contributed by atoms with Crippen molar-refractivity contribution in [3.05, 3.63) is 40.4 Å². The van der Waals surface area contributed by atoms with E-state index in [1.54, 1.807) is 0 Å². The van der Waals surface area contributed by atoms with Crippen LogP contribution in [0.4, 0.5) is 5.13 Å². The number of hydrogen-bond acceptors (Lipinski definition) is 5. The van der Waals surface area contributed by atoms with Gasteiger partial charge in [0.2, 0.25) is 16.9 Å². The minimum atomic E-state index is -0.185. The molecule has 29 heavy (non-hydrogen) atoms. The molecule has 2 aliphatic rings. The SMILES string of the molecule is O=C(CCC(=O)N[C@@H]1CCCc2ccccc21)Nc1nnc(C2CCCCC2)s1. The Kier molecular flexibility index (Phi) is 6.54. The van der Waals surface area contributed by atoms with E-state index in [0.29, 0.717) is 11.0 Å². The van der Waals surface area contributed by atoms with Gasteiger partial charge in [-0.25, -0.2) is 0 Å². The average Bonchev–Trinajstić information content (AvgIpc) is 3.22. The smallest absolute Gasteiger partial charge is 0.226 e. The third kappa shape index (κ3) is 5.21. The molecule has 0 unspecified atom stereocenters. The molecule has 154 valence electrons. The molecule has 0 radical (unpaired) electrons. The zero-order valence-corrected chi connectivity index (χ0v) is 17.5. The first-order chi connectivity index (χ1) is 14.2. The van der Waals surface area contributed by atoms with Crippen LogP contribution < -0.4 is 10.6 Å². The first-order valence-corrected chi connectivity index (χ1v) is 11.5. The van der Waals surface area contributed by atoms with Gasteiger partial charge >= 0.3 is 0 Å². The normalized spacial score (nSPS) is 19.4. The van der Waals surface area contributed by atoms with Crippen LogP contribution in [0.25, 0.3) is 0 Å². The molecule has 2 aromatic rings. The fraction of sp³-hybridized carbons (Fsp3) is 0.545. The van der Waals surface area contributed by atoms with E-state index in [1.807, 2.05) is 12.1 Å². The van der Waals surface area contributed by atoms with Crippen molar-refractivity contribution in [1.82, 2.24) is 15.5 Å². The van der Waals surface area contributed by atoms with Gasteiger partial charge in [0.25, 0.3) is 0 Å². The second-order valence-corrected chi connectivity index (χ2v) is 9.05. The molecule has 1 saturated carbocycles. The molecule has 7 heteroatoms. The maximum absolute atomic E-state index is 12.4. The number of nitrogens with zero attached hydrogens (tertiary/aromatic N) is 2. The number of carbonyl (C=O) groups is 2. The molecule has 6 nitrogen and oxygen atoms in total. The van der Waals surface area contributed by atoms with Crippen LogP contribution in [0.5, 0.6) is 0 Å². The summed E-state index contributed by atoms with van der Waals surface area (Å²) in [5.74, 6) is 0.216. The Labute approximate surface area is 175 Å². The van der Waals surface area contributed by atoms with Crippen LogP contribution in [0.2, 0.25) is 0 Å². The Morgan fingerprint density at radius 2 is 1.76 bits per heavy atom. The summed E-state index contributed by atoms with van der Waals surface area (Å²) in [7, 11) is 0. The molecular formula is C22H28N4O2S. The highest BCUT2D eigenvalue weighted by atomic mass is 32.1. The lowest BCUT2D eigenvalue weighted by atomic mass is 9.87. The van der Waals surface area contributed by atoms with Gasteiger partial charge in [-0.3, -0.25) is 9.59 Å². The monoisotopic (exact) mass is 412 g/mol. The van der Waals surface area contributed by atoms with E-state index in [4.69, 9.17) is 0 Å². The fourth-order valence-electron chi connectivity index (χ4n) is 4.38. The van der Waals surface area contributed by atoms with Crippen LogP contribution in [-0.2, 0) is 16.0 Å². The topological polar surface area (TPSA) is 84.0 Å². The van der Waals surface area contributed by atoms with Crippen LogP contribution >= 0.6 is 11.3 Å². The predicted octanol–water partition coefficient (Wildman–Crippen LogP) is 4.50. The number of nitrogens with one attached hydrogen (secondary N) is 2. The molecule has 1 atom stereocenters. The van der Waals surface area contributed by atoms with E-state index in [0.717, 1.165) is 37.1 Å². The molecule has 0 aliphatic heterocycles. The third-order valence-corrected chi connectivity index (χ3v) is 6.93. The maximum Gasteiger partial charge on any atom is 0.226 e. The van der Waals surface area contributed by atoms with Gasteiger partial charge in [-0.15, -0.1) is 10.2 Å².